The minimum Gasteiger partial charge on any atom is -0.337 e. The van der Waals surface area contributed by atoms with Crippen molar-refractivity contribution in [1.29, 1.82) is 0 Å². The van der Waals surface area contributed by atoms with E-state index in [1.165, 1.54) is 4.90 Å². The normalized spacial score (nSPS) is 22.9. The zero-order valence-corrected chi connectivity index (χ0v) is 11.9. The maximum absolute atomic E-state index is 12.2. The van der Waals surface area contributed by atoms with Gasteiger partial charge in [0, 0.05) is 12.0 Å². The molecule has 7 heteroatoms. The van der Waals surface area contributed by atoms with Gasteiger partial charge in [0.15, 0.2) is 5.82 Å². The molecule has 0 aliphatic carbocycles. The third kappa shape index (κ3) is 1.97. The molecule has 3 rings (SSSR count). The molecule has 3 heterocycles. The zero-order chi connectivity index (χ0) is 14.5. The number of hydrogen-bond acceptors (Lipinski definition) is 5. The van der Waals surface area contributed by atoms with Gasteiger partial charge in [-0.15, -0.1) is 0 Å². The predicted octanol–water partition coefficient (Wildman–Crippen LogP) is 1.29. The third-order valence-corrected chi connectivity index (χ3v) is 3.71. The van der Waals surface area contributed by atoms with E-state index >= 15 is 0 Å². The standard InChI is InChI=1S/C13H18N4O3/c1-13(2,3)11-14-9(20-15-11)7-17-10(18)8-5-4-6-16(8)12(17)19/h8H,4-7H2,1-3H3. The van der Waals surface area contributed by atoms with Crippen LogP contribution in [0, 0.1) is 0 Å². The van der Waals surface area contributed by atoms with Crippen molar-refractivity contribution in [3.63, 3.8) is 0 Å². The molecular formula is C13H18N4O3. The Balaban J connectivity index is 1.77. The van der Waals surface area contributed by atoms with Crippen molar-refractivity contribution in [3.05, 3.63) is 11.7 Å². The number of urea groups is 1. The van der Waals surface area contributed by atoms with Gasteiger partial charge >= 0.3 is 6.03 Å². The van der Waals surface area contributed by atoms with Crippen LogP contribution in [0.25, 0.3) is 0 Å². The molecule has 2 fully saturated rings. The number of aromatic nitrogens is 2. The van der Waals surface area contributed by atoms with Gasteiger partial charge in [-0.2, -0.15) is 4.98 Å². The number of carbonyl (C=O) groups is 2. The van der Waals surface area contributed by atoms with Crippen LogP contribution in [0.3, 0.4) is 0 Å². The number of fused-ring (bicyclic) bond motifs is 1. The van der Waals surface area contributed by atoms with Crippen LogP contribution in [0.1, 0.15) is 45.3 Å². The topological polar surface area (TPSA) is 79.5 Å². The lowest BCUT2D eigenvalue weighted by Gasteiger charge is -2.13. The van der Waals surface area contributed by atoms with Crippen molar-refractivity contribution >= 4 is 11.9 Å². The van der Waals surface area contributed by atoms with Gasteiger partial charge in [-0.05, 0) is 12.8 Å². The van der Waals surface area contributed by atoms with E-state index in [-0.39, 0.29) is 29.9 Å². The van der Waals surface area contributed by atoms with Crippen LogP contribution in [0.15, 0.2) is 4.52 Å². The second-order valence-electron chi connectivity index (χ2n) is 6.32. The molecule has 2 aliphatic heterocycles. The first-order chi connectivity index (χ1) is 9.38. The quantitative estimate of drug-likeness (QED) is 0.762. The Kier molecular flexibility index (Phi) is 2.81. The molecule has 0 saturated carbocycles. The molecule has 1 aromatic heterocycles. The molecule has 108 valence electrons. The van der Waals surface area contributed by atoms with Crippen molar-refractivity contribution in [2.24, 2.45) is 0 Å². The Hall–Kier alpha value is -1.92. The largest absolute Gasteiger partial charge is 0.337 e. The summed E-state index contributed by atoms with van der Waals surface area (Å²) in [6.45, 7) is 6.65. The number of rotatable bonds is 2. The summed E-state index contributed by atoms with van der Waals surface area (Å²) in [5, 5.41) is 3.90. The molecule has 0 bridgehead atoms. The van der Waals surface area contributed by atoms with Crippen LogP contribution in [0.2, 0.25) is 0 Å². The first-order valence-electron chi connectivity index (χ1n) is 6.83. The third-order valence-electron chi connectivity index (χ3n) is 3.71. The first kappa shape index (κ1) is 13.1. The number of amides is 3. The predicted molar refractivity (Wildman–Crippen MR) is 68.7 cm³/mol. The SMILES string of the molecule is CC(C)(C)c1noc(CN2C(=O)C3CCCN3C2=O)n1. The van der Waals surface area contributed by atoms with Crippen LogP contribution in [-0.4, -0.2) is 44.5 Å². The van der Waals surface area contributed by atoms with Crippen LogP contribution in [0.5, 0.6) is 0 Å². The number of nitrogens with zero attached hydrogens (tertiary/aromatic N) is 4. The Bertz CT molecular complexity index is 538. The lowest BCUT2D eigenvalue weighted by atomic mass is 9.96. The fraction of sp³-hybridized carbons (Fsp3) is 0.692. The highest BCUT2D eigenvalue weighted by atomic mass is 16.5. The Labute approximate surface area is 116 Å². The van der Waals surface area contributed by atoms with Crippen molar-refractivity contribution in [3.8, 4) is 0 Å². The van der Waals surface area contributed by atoms with Gasteiger partial charge in [-0.25, -0.2) is 4.79 Å². The van der Waals surface area contributed by atoms with E-state index < -0.39 is 0 Å². The molecule has 7 nitrogen and oxygen atoms in total. The molecule has 2 saturated heterocycles. The number of imide groups is 1. The Morgan fingerprint density at radius 2 is 2.10 bits per heavy atom. The molecule has 0 spiro atoms. The second-order valence-corrected chi connectivity index (χ2v) is 6.32. The van der Waals surface area contributed by atoms with Gasteiger partial charge in [0.05, 0.1) is 0 Å². The average Bonchev–Trinajstić information content (AvgIpc) is 3.05. The lowest BCUT2D eigenvalue weighted by Crippen LogP contribution is -2.32. The molecule has 0 aromatic carbocycles. The molecule has 20 heavy (non-hydrogen) atoms. The lowest BCUT2D eigenvalue weighted by molar-refractivity contribution is -0.128. The average molecular weight is 278 g/mol. The molecule has 3 amide bonds. The summed E-state index contributed by atoms with van der Waals surface area (Å²) in [6.07, 6.45) is 1.64. The summed E-state index contributed by atoms with van der Waals surface area (Å²) in [7, 11) is 0. The molecule has 1 aromatic rings. The van der Waals surface area contributed by atoms with Gasteiger partial charge < -0.3 is 9.42 Å². The first-order valence-corrected chi connectivity index (χ1v) is 6.83. The summed E-state index contributed by atoms with van der Waals surface area (Å²) < 4.78 is 5.15. The highest BCUT2D eigenvalue weighted by molar-refractivity contribution is 6.04. The maximum atomic E-state index is 12.2. The smallest absolute Gasteiger partial charge is 0.327 e. The number of hydrogen-bond donors (Lipinski definition) is 0. The van der Waals surface area contributed by atoms with Crippen LogP contribution in [-0.2, 0) is 16.8 Å². The van der Waals surface area contributed by atoms with Crippen molar-refractivity contribution in [2.45, 2.75) is 51.6 Å². The zero-order valence-electron chi connectivity index (χ0n) is 11.9. The number of carbonyl (C=O) groups excluding carboxylic acids is 2. The Morgan fingerprint density at radius 3 is 2.70 bits per heavy atom. The van der Waals surface area contributed by atoms with Gasteiger partial charge in [-0.1, -0.05) is 25.9 Å². The fourth-order valence-electron chi connectivity index (χ4n) is 2.59. The molecule has 1 atom stereocenters. The second kappa shape index (κ2) is 4.29. The minimum atomic E-state index is -0.285. The monoisotopic (exact) mass is 278 g/mol. The summed E-state index contributed by atoms with van der Waals surface area (Å²) in [5.74, 6) is 0.730. The molecule has 0 radical (unpaired) electrons. The van der Waals surface area contributed by atoms with E-state index in [1.54, 1.807) is 4.90 Å². The maximum Gasteiger partial charge on any atom is 0.327 e. The Morgan fingerprint density at radius 1 is 1.35 bits per heavy atom. The molecule has 1 unspecified atom stereocenters. The highest BCUT2D eigenvalue weighted by Gasteiger charge is 2.47. The molecule has 0 N–H and O–H groups in total. The molecular weight excluding hydrogens is 260 g/mol. The minimum absolute atomic E-state index is 0.0632. The van der Waals surface area contributed by atoms with Gasteiger partial charge in [0.2, 0.25) is 5.89 Å². The summed E-state index contributed by atoms with van der Waals surface area (Å²) in [6, 6.07) is -0.527. The van der Waals surface area contributed by atoms with E-state index in [2.05, 4.69) is 10.1 Å². The summed E-state index contributed by atoms with van der Waals surface area (Å²) in [4.78, 5) is 31.4. The van der Waals surface area contributed by atoms with Gasteiger partial charge in [-0.3, -0.25) is 9.69 Å². The van der Waals surface area contributed by atoms with Crippen LogP contribution in [0.4, 0.5) is 4.79 Å². The van der Waals surface area contributed by atoms with Crippen molar-refractivity contribution in [1.82, 2.24) is 19.9 Å². The van der Waals surface area contributed by atoms with E-state index in [1.807, 2.05) is 20.8 Å². The molecule has 2 aliphatic rings. The van der Waals surface area contributed by atoms with E-state index in [9.17, 15) is 9.59 Å². The summed E-state index contributed by atoms with van der Waals surface area (Å²) in [5.41, 5.74) is -0.221. The van der Waals surface area contributed by atoms with Crippen LogP contribution < -0.4 is 0 Å². The van der Waals surface area contributed by atoms with E-state index in [0.29, 0.717) is 18.3 Å². The van der Waals surface area contributed by atoms with E-state index in [4.69, 9.17) is 4.52 Å². The highest BCUT2D eigenvalue weighted by Crippen LogP contribution is 2.28. The van der Waals surface area contributed by atoms with Crippen LogP contribution >= 0.6 is 0 Å². The summed E-state index contributed by atoms with van der Waals surface area (Å²) >= 11 is 0. The van der Waals surface area contributed by atoms with E-state index in [0.717, 1.165) is 12.8 Å². The fourth-order valence-corrected chi connectivity index (χ4v) is 2.59. The van der Waals surface area contributed by atoms with Gasteiger partial charge in [0.25, 0.3) is 5.91 Å². The van der Waals surface area contributed by atoms with Crippen molar-refractivity contribution in [2.75, 3.05) is 6.54 Å². The van der Waals surface area contributed by atoms with Gasteiger partial charge in [0.1, 0.15) is 12.6 Å². The van der Waals surface area contributed by atoms with Crippen molar-refractivity contribution < 1.29 is 14.1 Å².